The van der Waals surface area contributed by atoms with Crippen LogP contribution in [0.15, 0.2) is 36.4 Å². The van der Waals surface area contributed by atoms with Gasteiger partial charge in [-0.15, -0.1) is 0 Å². The van der Waals surface area contributed by atoms with Crippen molar-refractivity contribution in [3.05, 3.63) is 42.0 Å². The van der Waals surface area contributed by atoms with Gasteiger partial charge in [0.25, 0.3) is 0 Å². The summed E-state index contributed by atoms with van der Waals surface area (Å²) in [5.74, 6) is 0.628. The third kappa shape index (κ3) is 6.22. The smallest absolute Gasteiger partial charge is 0.149 e. The van der Waals surface area contributed by atoms with Crippen LogP contribution in [-0.4, -0.2) is 25.3 Å². The van der Waals surface area contributed by atoms with Gasteiger partial charge in [-0.1, -0.05) is 24.3 Å². The summed E-state index contributed by atoms with van der Waals surface area (Å²) in [6.45, 7) is 5.95. The van der Waals surface area contributed by atoms with Gasteiger partial charge in [0, 0.05) is 5.41 Å². The highest BCUT2D eigenvalue weighted by Gasteiger charge is 2.24. The molecule has 0 atom stereocenters. The minimum atomic E-state index is -0.644. The quantitative estimate of drug-likeness (QED) is 0.399. The van der Waals surface area contributed by atoms with E-state index in [0.29, 0.717) is 13.2 Å². The summed E-state index contributed by atoms with van der Waals surface area (Å²) >= 11 is 0. The second-order valence-corrected chi connectivity index (χ2v) is 5.79. The average Bonchev–Trinajstić information content (AvgIpc) is 2.46. The Morgan fingerprint density at radius 1 is 1.18 bits per heavy atom. The van der Waals surface area contributed by atoms with Crippen LogP contribution in [0.1, 0.15) is 32.8 Å². The first-order chi connectivity index (χ1) is 10.3. The van der Waals surface area contributed by atoms with Gasteiger partial charge in [-0.05, 0) is 38.5 Å². The van der Waals surface area contributed by atoms with Gasteiger partial charge in [-0.3, -0.25) is 9.59 Å². The molecule has 0 fully saturated rings. The van der Waals surface area contributed by atoms with E-state index in [1.54, 1.807) is 27.0 Å². The van der Waals surface area contributed by atoms with Crippen LogP contribution in [0.25, 0.3) is 0 Å². The molecule has 120 valence electrons. The Labute approximate surface area is 132 Å². The fourth-order valence-electron chi connectivity index (χ4n) is 1.86. The Kier molecular flexibility index (Phi) is 6.99. The van der Waals surface area contributed by atoms with Crippen molar-refractivity contribution in [3.63, 3.8) is 0 Å². The topological polar surface area (TPSA) is 52.6 Å². The minimum absolute atomic E-state index is 0.0238. The molecule has 0 saturated carbocycles. The van der Waals surface area contributed by atoms with Crippen LogP contribution in [0.3, 0.4) is 0 Å². The molecule has 0 aliphatic carbocycles. The molecule has 0 N–H and O–H groups in total. The van der Waals surface area contributed by atoms with Gasteiger partial charge >= 0.3 is 0 Å². The monoisotopic (exact) mass is 304 g/mol. The lowest BCUT2D eigenvalue weighted by Gasteiger charge is -2.17. The van der Waals surface area contributed by atoms with Crippen molar-refractivity contribution < 1.29 is 19.1 Å². The number of ketones is 2. The van der Waals surface area contributed by atoms with E-state index in [1.807, 2.05) is 30.3 Å². The molecule has 1 rings (SSSR count). The van der Waals surface area contributed by atoms with Crippen LogP contribution in [0, 0.1) is 5.41 Å². The summed E-state index contributed by atoms with van der Waals surface area (Å²) in [5, 5.41) is 0. The lowest BCUT2D eigenvalue weighted by atomic mass is 9.85. The molecule has 0 aromatic heterocycles. The van der Waals surface area contributed by atoms with E-state index in [2.05, 4.69) is 0 Å². The van der Waals surface area contributed by atoms with Gasteiger partial charge in [0.05, 0.1) is 26.7 Å². The highest BCUT2D eigenvalue weighted by atomic mass is 16.5. The Bertz CT molecular complexity index is 527. The van der Waals surface area contributed by atoms with E-state index < -0.39 is 5.41 Å². The van der Waals surface area contributed by atoms with E-state index in [9.17, 15) is 9.59 Å². The molecule has 0 bridgehead atoms. The Hall–Kier alpha value is -1.94. The van der Waals surface area contributed by atoms with Gasteiger partial charge in [-0.25, -0.2) is 0 Å². The molecule has 0 unspecified atom stereocenters. The van der Waals surface area contributed by atoms with Crippen LogP contribution in [0.2, 0.25) is 0 Å². The maximum Gasteiger partial charge on any atom is 0.149 e. The van der Waals surface area contributed by atoms with Gasteiger partial charge in [0.1, 0.15) is 17.3 Å². The Morgan fingerprint density at radius 2 is 1.82 bits per heavy atom. The SMILES string of the molecule is COc1ccc(COCC=CC(C)(C)C(=O)CC(C)=O)cc1. The van der Waals surface area contributed by atoms with Crippen molar-refractivity contribution in [3.8, 4) is 5.75 Å². The number of benzene rings is 1. The van der Waals surface area contributed by atoms with Crippen molar-refractivity contribution in [1.29, 1.82) is 0 Å². The molecular formula is C18H24O4. The van der Waals surface area contributed by atoms with Crippen molar-refractivity contribution in [2.45, 2.75) is 33.8 Å². The Morgan fingerprint density at radius 3 is 2.36 bits per heavy atom. The number of rotatable bonds is 9. The lowest BCUT2D eigenvalue weighted by molar-refractivity contribution is -0.129. The Balaban J connectivity index is 2.38. The summed E-state index contributed by atoms with van der Waals surface area (Å²) in [5.41, 5.74) is 0.413. The van der Waals surface area contributed by atoms with Crippen molar-refractivity contribution in [2.75, 3.05) is 13.7 Å². The molecule has 0 heterocycles. The average molecular weight is 304 g/mol. The largest absolute Gasteiger partial charge is 0.497 e. The lowest BCUT2D eigenvalue weighted by Crippen LogP contribution is -2.23. The second kappa shape index (κ2) is 8.49. The number of ether oxygens (including phenoxy) is 2. The third-order valence-corrected chi connectivity index (χ3v) is 3.30. The number of Topliss-reactive ketones (excluding diaryl/α,β-unsaturated/α-hetero) is 2. The molecule has 1 aromatic carbocycles. The molecule has 0 spiro atoms. The van der Waals surface area contributed by atoms with E-state index in [4.69, 9.17) is 9.47 Å². The predicted molar refractivity (Wildman–Crippen MR) is 85.9 cm³/mol. The number of carbonyl (C=O) groups excluding carboxylic acids is 2. The van der Waals surface area contributed by atoms with Crippen molar-refractivity contribution in [2.24, 2.45) is 5.41 Å². The van der Waals surface area contributed by atoms with Gasteiger partial charge in [-0.2, -0.15) is 0 Å². The molecule has 4 heteroatoms. The standard InChI is InChI=1S/C18H24O4/c1-14(19)12-17(20)18(2,3)10-5-11-22-13-15-6-8-16(21-4)9-7-15/h5-10H,11-13H2,1-4H3. The fourth-order valence-corrected chi connectivity index (χ4v) is 1.86. The minimum Gasteiger partial charge on any atom is -0.497 e. The summed E-state index contributed by atoms with van der Waals surface area (Å²) in [6, 6.07) is 7.67. The number of allylic oxidation sites excluding steroid dienone is 1. The van der Waals surface area contributed by atoms with E-state index in [-0.39, 0.29) is 18.0 Å². The summed E-state index contributed by atoms with van der Waals surface area (Å²) < 4.78 is 10.6. The summed E-state index contributed by atoms with van der Waals surface area (Å²) in [7, 11) is 1.63. The van der Waals surface area contributed by atoms with Gasteiger partial charge < -0.3 is 9.47 Å². The molecule has 0 radical (unpaired) electrons. The third-order valence-electron chi connectivity index (χ3n) is 3.30. The first-order valence-electron chi connectivity index (χ1n) is 7.26. The molecular weight excluding hydrogens is 280 g/mol. The van der Waals surface area contributed by atoms with Gasteiger partial charge in [0.15, 0.2) is 0 Å². The van der Waals surface area contributed by atoms with Crippen LogP contribution < -0.4 is 4.74 Å². The maximum absolute atomic E-state index is 11.9. The zero-order chi connectivity index (χ0) is 16.6. The first kappa shape index (κ1) is 18.1. The highest BCUT2D eigenvalue weighted by Crippen LogP contribution is 2.20. The normalized spacial score (nSPS) is 11.6. The van der Waals surface area contributed by atoms with E-state index >= 15 is 0 Å². The predicted octanol–water partition coefficient (Wildman–Crippen LogP) is 3.34. The second-order valence-electron chi connectivity index (χ2n) is 5.79. The highest BCUT2D eigenvalue weighted by molar-refractivity contribution is 6.01. The zero-order valence-corrected chi connectivity index (χ0v) is 13.7. The summed E-state index contributed by atoms with van der Waals surface area (Å²) in [4.78, 5) is 22.9. The van der Waals surface area contributed by atoms with Crippen LogP contribution in [0.5, 0.6) is 5.75 Å². The van der Waals surface area contributed by atoms with Crippen molar-refractivity contribution in [1.82, 2.24) is 0 Å². The molecule has 22 heavy (non-hydrogen) atoms. The van der Waals surface area contributed by atoms with Crippen molar-refractivity contribution >= 4 is 11.6 Å². The van der Waals surface area contributed by atoms with Crippen LogP contribution in [-0.2, 0) is 20.9 Å². The van der Waals surface area contributed by atoms with Crippen LogP contribution >= 0.6 is 0 Å². The number of hydrogen-bond acceptors (Lipinski definition) is 4. The number of carbonyl (C=O) groups is 2. The molecule has 0 aliphatic heterocycles. The van der Waals surface area contributed by atoms with E-state index in [1.165, 1.54) is 6.92 Å². The molecule has 0 aliphatic rings. The molecule has 0 amide bonds. The summed E-state index contributed by atoms with van der Waals surface area (Å²) in [6.07, 6.45) is 3.60. The number of hydrogen-bond donors (Lipinski definition) is 0. The maximum atomic E-state index is 11.9. The zero-order valence-electron chi connectivity index (χ0n) is 13.7. The number of methoxy groups -OCH3 is 1. The first-order valence-corrected chi connectivity index (χ1v) is 7.26. The molecule has 0 saturated heterocycles. The fraction of sp³-hybridized carbons (Fsp3) is 0.444. The molecule has 4 nitrogen and oxygen atoms in total. The van der Waals surface area contributed by atoms with E-state index in [0.717, 1.165) is 11.3 Å². The van der Waals surface area contributed by atoms with Crippen LogP contribution in [0.4, 0.5) is 0 Å². The van der Waals surface area contributed by atoms with Gasteiger partial charge in [0.2, 0.25) is 0 Å². The molecule has 1 aromatic rings.